The first kappa shape index (κ1) is 18.6. The number of hydrogen-bond donors (Lipinski definition) is 0. The molecule has 3 nitrogen and oxygen atoms in total. The molecule has 126 valence electrons. The van der Waals surface area contributed by atoms with E-state index >= 15 is 0 Å². The molecule has 3 rings (SSSR count). The van der Waals surface area contributed by atoms with Crippen molar-refractivity contribution in [3.8, 4) is 17.2 Å². The van der Waals surface area contributed by atoms with E-state index in [9.17, 15) is 0 Å². The van der Waals surface area contributed by atoms with E-state index in [4.69, 9.17) is 13.6 Å². The van der Waals surface area contributed by atoms with Crippen molar-refractivity contribution in [1.29, 1.82) is 0 Å². The van der Waals surface area contributed by atoms with E-state index in [0.29, 0.717) is 0 Å². The molecule has 0 N–H and O–H groups in total. The normalized spacial score (nSPS) is 11.0. The van der Waals surface area contributed by atoms with Gasteiger partial charge in [0.15, 0.2) is 0 Å². The Morgan fingerprint density at radius 2 is 0.750 bits per heavy atom. The van der Waals surface area contributed by atoms with Crippen LogP contribution < -0.4 is 13.6 Å². The Labute approximate surface area is 160 Å². The fourth-order valence-electron chi connectivity index (χ4n) is 2.17. The first-order valence-electron chi connectivity index (χ1n) is 7.46. The molecule has 5 heteroatoms. The van der Waals surface area contributed by atoms with Crippen LogP contribution in [0.15, 0.2) is 91.0 Å². The average molecular weight is 454 g/mol. The van der Waals surface area contributed by atoms with Gasteiger partial charge in [-0.2, -0.15) is 0 Å². The van der Waals surface area contributed by atoms with Crippen LogP contribution in [0, 0.1) is 0 Å². The SMILES string of the molecule is C[PH](Oc1ccccc1)(Oc1ccccc1)Oc1ccccc1.I. The number of para-hydroxylation sites is 3. The summed E-state index contributed by atoms with van der Waals surface area (Å²) in [4.78, 5) is 0. The largest absolute Gasteiger partial charge is 0.107 e. The molecule has 0 atom stereocenters. The molecule has 0 bridgehead atoms. The molecule has 0 aliphatic carbocycles. The second kappa shape index (κ2) is 8.90. The predicted molar refractivity (Wildman–Crippen MR) is 111 cm³/mol. The molecule has 3 aromatic rings. The summed E-state index contributed by atoms with van der Waals surface area (Å²) >= 11 is 0. The van der Waals surface area contributed by atoms with Crippen molar-refractivity contribution in [3.05, 3.63) is 91.0 Å². The van der Waals surface area contributed by atoms with Gasteiger partial charge in [0, 0.05) is 0 Å². The van der Waals surface area contributed by atoms with Crippen molar-refractivity contribution < 1.29 is 13.6 Å². The third kappa shape index (κ3) is 5.39. The van der Waals surface area contributed by atoms with Crippen molar-refractivity contribution >= 4 is 31.9 Å². The van der Waals surface area contributed by atoms with Gasteiger partial charge in [-0.15, -0.1) is 24.0 Å². The average Bonchev–Trinajstić information content (AvgIpc) is 2.57. The Kier molecular flexibility index (Phi) is 6.88. The summed E-state index contributed by atoms with van der Waals surface area (Å²) in [5.41, 5.74) is 0. The summed E-state index contributed by atoms with van der Waals surface area (Å²) in [5.74, 6) is 2.19. The Morgan fingerprint density at radius 1 is 0.500 bits per heavy atom. The monoisotopic (exact) mass is 454 g/mol. The molecule has 0 saturated heterocycles. The molecule has 0 aliphatic heterocycles. The van der Waals surface area contributed by atoms with Gasteiger partial charge in [0.05, 0.1) is 0 Å². The van der Waals surface area contributed by atoms with E-state index in [2.05, 4.69) is 0 Å². The molecule has 24 heavy (non-hydrogen) atoms. The van der Waals surface area contributed by atoms with E-state index in [0.717, 1.165) is 17.2 Å². The summed E-state index contributed by atoms with van der Waals surface area (Å²) in [6.45, 7) is 1.89. The zero-order valence-corrected chi connectivity index (χ0v) is 16.6. The molecule has 0 radical (unpaired) electrons. The van der Waals surface area contributed by atoms with Crippen LogP contribution in [0.4, 0.5) is 0 Å². The Bertz CT molecular complexity index is 622. The molecule has 0 amide bonds. The van der Waals surface area contributed by atoms with Gasteiger partial charge < -0.3 is 0 Å². The van der Waals surface area contributed by atoms with Crippen molar-refractivity contribution in [3.63, 3.8) is 0 Å². The molecule has 0 saturated carbocycles. The summed E-state index contributed by atoms with van der Waals surface area (Å²) in [6, 6.07) is 28.8. The number of benzene rings is 3. The van der Waals surface area contributed by atoms with Crippen LogP contribution in [0.1, 0.15) is 0 Å². The molecule has 0 aromatic heterocycles. The second-order valence-electron chi connectivity index (χ2n) is 5.11. The van der Waals surface area contributed by atoms with Crippen LogP contribution >= 0.6 is 31.9 Å². The predicted octanol–water partition coefficient (Wildman–Crippen LogP) is 5.97. The first-order chi connectivity index (χ1) is 11.2. The van der Waals surface area contributed by atoms with Gasteiger partial charge >= 0.3 is 136 Å². The van der Waals surface area contributed by atoms with E-state index in [-0.39, 0.29) is 24.0 Å². The zero-order chi connectivity index (χ0) is 16.0. The Balaban J connectivity index is 0.00000208. The number of rotatable bonds is 6. The van der Waals surface area contributed by atoms with Gasteiger partial charge in [-0.3, -0.25) is 0 Å². The van der Waals surface area contributed by atoms with E-state index < -0.39 is 7.94 Å². The fraction of sp³-hybridized carbons (Fsp3) is 0.0526. The quantitative estimate of drug-likeness (QED) is 0.340. The molecule has 3 aromatic carbocycles. The number of halogens is 1. The maximum absolute atomic E-state index is 6.10. The maximum atomic E-state index is 6.10. The third-order valence-electron chi connectivity index (χ3n) is 3.14. The third-order valence-corrected chi connectivity index (χ3v) is 4.96. The molecule has 0 aliphatic rings. The second-order valence-corrected chi connectivity index (χ2v) is 7.44. The van der Waals surface area contributed by atoms with Gasteiger partial charge in [0.25, 0.3) is 0 Å². The van der Waals surface area contributed by atoms with E-state index in [1.165, 1.54) is 0 Å². The van der Waals surface area contributed by atoms with Gasteiger partial charge in [-0.1, -0.05) is 0 Å². The molecule has 0 unspecified atom stereocenters. The molecule has 0 heterocycles. The first-order valence-corrected chi connectivity index (χ1v) is 9.68. The van der Waals surface area contributed by atoms with Crippen LogP contribution in [0.2, 0.25) is 0 Å². The van der Waals surface area contributed by atoms with Gasteiger partial charge in [0.1, 0.15) is 0 Å². The van der Waals surface area contributed by atoms with Crippen LogP contribution in [-0.4, -0.2) is 6.66 Å². The topological polar surface area (TPSA) is 27.7 Å². The van der Waals surface area contributed by atoms with Crippen LogP contribution in [-0.2, 0) is 0 Å². The maximum Gasteiger partial charge on any atom is -0.107 e. The molecular formula is C19H20IO3P. The zero-order valence-electron chi connectivity index (χ0n) is 13.3. The smallest absolute Gasteiger partial charge is 0.107 e. The van der Waals surface area contributed by atoms with Crippen molar-refractivity contribution in [2.45, 2.75) is 0 Å². The minimum Gasteiger partial charge on any atom is -0.107 e. The molecule has 0 fully saturated rings. The summed E-state index contributed by atoms with van der Waals surface area (Å²) in [7, 11) is -2.97. The van der Waals surface area contributed by atoms with Crippen molar-refractivity contribution in [2.75, 3.05) is 6.66 Å². The van der Waals surface area contributed by atoms with E-state index in [1.54, 1.807) is 0 Å². The van der Waals surface area contributed by atoms with Crippen LogP contribution in [0.3, 0.4) is 0 Å². The summed E-state index contributed by atoms with van der Waals surface area (Å²) < 4.78 is 18.3. The fourth-order valence-corrected chi connectivity index (χ4v) is 3.99. The van der Waals surface area contributed by atoms with Gasteiger partial charge in [-0.05, 0) is 0 Å². The van der Waals surface area contributed by atoms with Crippen molar-refractivity contribution in [2.24, 2.45) is 0 Å². The van der Waals surface area contributed by atoms with Crippen LogP contribution in [0.5, 0.6) is 17.2 Å². The molecular weight excluding hydrogens is 434 g/mol. The number of hydrogen-bond acceptors (Lipinski definition) is 3. The summed E-state index contributed by atoms with van der Waals surface area (Å²) in [5, 5.41) is 0. The van der Waals surface area contributed by atoms with E-state index in [1.807, 2.05) is 97.7 Å². The minimum absolute atomic E-state index is 0. The Morgan fingerprint density at radius 3 is 1.00 bits per heavy atom. The Hall–Kier alpha value is -1.78. The molecule has 0 spiro atoms. The minimum atomic E-state index is -2.97. The van der Waals surface area contributed by atoms with Crippen LogP contribution in [0.25, 0.3) is 0 Å². The van der Waals surface area contributed by atoms with Gasteiger partial charge in [-0.25, -0.2) is 0 Å². The van der Waals surface area contributed by atoms with Crippen molar-refractivity contribution in [1.82, 2.24) is 0 Å². The summed E-state index contributed by atoms with van der Waals surface area (Å²) in [6.07, 6.45) is 0. The standard InChI is InChI=1S/C19H19O3P.HI/c1-23(20-17-11-5-2-6-12-17,21-18-13-7-3-8-14-18)22-19-15-9-4-10-16-19;/h2-16,23H,1H3;1H. The van der Waals surface area contributed by atoms with Gasteiger partial charge in [0.2, 0.25) is 0 Å².